The topological polar surface area (TPSA) is 45.0 Å². The number of aromatic nitrogens is 2. The number of pyridine rings is 1. The van der Waals surface area contributed by atoms with Gasteiger partial charge in [0.2, 0.25) is 0 Å². The molecule has 7 heteroatoms. The highest BCUT2D eigenvalue weighted by Crippen LogP contribution is 2.46. The van der Waals surface area contributed by atoms with Crippen molar-refractivity contribution in [1.29, 1.82) is 0 Å². The summed E-state index contributed by atoms with van der Waals surface area (Å²) in [6, 6.07) is 11.0. The van der Waals surface area contributed by atoms with Gasteiger partial charge in [-0.3, -0.25) is 4.48 Å². The molecule has 1 aromatic carbocycles. The average Bonchev–Trinajstić information content (AvgIpc) is 3.29. The molecule has 2 aromatic heterocycles. The molecule has 33 heavy (non-hydrogen) atoms. The van der Waals surface area contributed by atoms with Gasteiger partial charge in [-0.25, -0.2) is 4.52 Å². The fraction of sp³-hybridized carbons (Fsp3) is 0.500. The van der Waals surface area contributed by atoms with Crippen LogP contribution in [0.2, 0.25) is 0 Å². The number of rotatable bonds is 8. The van der Waals surface area contributed by atoms with Crippen LogP contribution in [0.15, 0.2) is 35.4 Å². The molecule has 0 bridgehead atoms. The lowest BCUT2D eigenvalue weighted by atomic mass is 10.0. The van der Waals surface area contributed by atoms with Crippen LogP contribution in [0.3, 0.4) is 0 Å². The van der Waals surface area contributed by atoms with Crippen molar-refractivity contribution in [2.45, 2.75) is 37.3 Å². The number of ether oxygens (including phenoxy) is 3. The van der Waals surface area contributed by atoms with Gasteiger partial charge in [-0.15, -0.1) is 11.8 Å². The van der Waals surface area contributed by atoms with Crippen LogP contribution in [0.1, 0.15) is 24.8 Å². The van der Waals surface area contributed by atoms with Crippen LogP contribution in [0.5, 0.6) is 11.5 Å². The SMILES string of the molecule is COc1cc(C)cc(OC)c1-c1cccc2c([N+](C)(CC3CC3)C3CCOC3)c(SC)nn12. The number of aryl methyl sites for hydroxylation is 1. The van der Waals surface area contributed by atoms with Gasteiger partial charge in [0.05, 0.1) is 52.3 Å². The van der Waals surface area contributed by atoms with Gasteiger partial charge in [0.1, 0.15) is 23.1 Å². The standard InChI is InChI=1S/C26H34N3O3S/c1-17-13-22(30-3)24(23(14-17)31-4)20-7-6-8-21-25(26(33-5)27-28(20)21)29(2,15-18-9-10-18)19-11-12-32-16-19/h6-8,13-14,18-19H,9-12,15-16H2,1-5H3/q+1. The van der Waals surface area contributed by atoms with Crippen molar-refractivity contribution in [2.75, 3.05) is 47.3 Å². The minimum Gasteiger partial charge on any atom is -0.496 e. The highest BCUT2D eigenvalue weighted by atomic mass is 32.2. The average molecular weight is 469 g/mol. The van der Waals surface area contributed by atoms with Crippen LogP contribution in [0.4, 0.5) is 5.69 Å². The van der Waals surface area contributed by atoms with E-state index in [-0.39, 0.29) is 0 Å². The Kier molecular flexibility index (Phi) is 6.05. The number of thioether (sulfide) groups is 1. The van der Waals surface area contributed by atoms with Gasteiger partial charge in [0.25, 0.3) is 0 Å². The van der Waals surface area contributed by atoms with E-state index < -0.39 is 0 Å². The van der Waals surface area contributed by atoms with Crippen molar-refractivity contribution < 1.29 is 14.2 Å². The van der Waals surface area contributed by atoms with E-state index in [0.717, 1.165) is 75.4 Å². The largest absolute Gasteiger partial charge is 0.496 e. The summed E-state index contributed by atoms with van der Waals surface area (Å²) in [5.41, 5.74) is 5.47. The first-order valence-corrected chi connectivity index (χ1v) is 12.9. The normalized spacial score (nSPS) is 20.2. The summed E-state index contributed by atoms with van der Waals surface area (Å²) in [6.07, 6.45) is 5.88. The quantitative estimate of drug-likeness (QED) is 0.336. The molecular formula is C26H34N3O3S+. The van der Waals surface area contributed by atoms with Crippen LogP contribution >= 0.6 is 11.8 Å². The zero-order valence-electron chi connectivity index (χ0n) is 20.3. The molecule has 2 atom stereocenters. The van der Waals surface area contributed by atoms with E-state index in [1.54, 1.807) is 26.0 Å². The van der Waals surface area contributed by atoms with E-state index in [1.807, 2.05) is 0 Å². The summed E-state index contributed by atoms with van der Waals surface area (Å²) in [6.45, 7) is 4.86. The van der Waals surface area contributed by atoms with Crippen LogP contribution in [0.25, 0.3) is 16.8 Å². The Morgan fingerprint density at radius 1 is 1.15 bits per heavy atom. The third-order valence-corrected chi connectivity index (χ3v) is 7.92. The van der Waals surface area contributed by atoms with Gasteiger partial charge in [-0.05, 0) is 55.9 Å². The Morgan fingerprint density at radius 2 is 1.88 bits per heavy atom. The van der Waals surface area contributed by atoms with Crippen molar-refractivity contribution in [3.05, 3.63) is 35.9 Å². The van der Waals surface area contributed by atoms with Gasteiger partial charge in [0.15, 0.2) is 10.7 Å². The monoisotopic (exact) mass is 468 g/mol. The molecule has 1 aliphatic heterocycles. The van der Waals surface area contributed by atoms with Gasteiger partial charge in [-0.1, -0.05) is 6.07 Å². The maximum Gasteiger partial charge on any atom is 0.193 e. The molecule has 1 saturated carbocycles. The van der Waals surface area contributed by atoms with E-state index in [9.17, 15) is 0 Å². The summed E-state index contributed by atoms with van der Waals surface area (Å²) in [4.78, 5) is 0. The first kappa shape index (κ1) is 22.6. The van der Waals surface area contributed by atoms with Crippen LogP contribution in [-0.2, 0) is 4.74 Å². The van der Waals surface area contributed by atoms with Crippen molar-refractivity contribution in [3.8, 4) is 22.8 Å². The molecule has 6 nitrogen and oxygen atoms in total. The number of nitrogens with zero attached hydrogens (tertiary/aromatic N) is 3. The predicted octanol–water partition coefficient (Wildman–Crippen LogP) is 5.18. The number of methoxy groups -OCH3 is 2. The molecule has 0 radical (unpaired) electrons. The Balaban J connectivity index is 1.75. The lowest BCUT2D eigenvalue weighted by Gasteiger charge is -2.39. The molecular weight excluding hydrogens is 434 g/mol. The van der Waals surface area contributed by atoms with E-state index in [2.05, 4.69) is 55.1 Å². The molecule has 0 N–H and O–H groups in total. The second kappa shape index (κ2) is 8.85. The number of hydrogen-bond acceptors (Lipinski definition) is 5. The summed E-state index contributed by atoms with van der Waals surface area (Å²) < 4.78 is 20.4. The zero-order chi connectivity index (χ0) is 23.2. The Morgan fingerprint density at radius 3 is 2.45 bits per heavy atom. The van der Waals surface area contributed by atoms with Gasteiger partial charge < -0.3 is 14.2 Å². The maximum absolute atomic E-state index is 5.87. The molecule has 0 amide bonds. The lowest BCUT2D eigenvalue weighted by Crippen LogP contribution is -2.55. The third kappa shape index (κ3) is 3.90. The maximum atomic E-state index is 5.87. The minimum atomic E-state index is 0.455. The summed E-state index contributed by atoms with van der Waals surface area (Å²) in [7, 11) is 5.82. The predicted molar refractivity (Wildman–Crippen MR) is 135 cm³/mol. The molecule has 1 saturated heterocycles. The van der Waals surface area contributed by atoms with E-state index >= 15 is 0 Å². The molecule has 176 valence electrons. The minimum absolute atomic E-state index is 0.455. The first-order valence-electron chi connectivity index (χ1n) is 11.7. The fourth-order valence-electron chi connectivity index (χ4n) is 5.37. The second-order valence-electron chi connectivity index (χ2n) is 9.52. The molecule has 2 unspecified atom stereocenters. The van der Waals surface area contributed by atoms with Crippen molar-refractivity contribution in [1.82, 2.24) is 14.1 Å². The lowest BCUT2D eigenvalue weighted by molar-refractivity contribution is 0.157. The van der Waals surface area contributed by atoms with Crippen molar-refractivity contribution in [3.63, 3.8) is 0 Å². The Hall–Kier alpha value is -2.22. The zero-order valence-corrected chi connectivity index (χ0v) is 21.1. The number of benzene rings is 1. The molecule has 2 fully saturated rings. The molecule has 3 heterocycles. The van der Waals surface area contributed by atoms with Crippen molar-refractivity contribution >= 4 is 23.0 Å². The summed E-state index contributed by atoms with van der Waals surface area (Å²) >= 11 is 1.73. The van der Waals surface area contributed by atoms with Gasteiger partial charge in [-0.2, -0.15) is 5.10 Å². The van der Waals surface area contributed by atoms with E-state index in [4.69, 9.17) is 19.3 Å². The van der Waals surface area contributed by atoms with Gasteiger partial charge in [0, 0.05) is 12.3 Å². The summed E-state index contributed by atoms with van der Waals surface area (Å²) in [5.74, 6) is 2.38. The highest BCUT2D eigenvalue weighted by molar-refractivity contribution is 7.98. The molecule has 2 aliphatic rings. The molecule has 3 aromatic rings. The molecule has 5 rings (SSSR count). The number of fused-ring (bicyclic) bond motifs is 1. The number of likely N-dealkylation sites (N-methyl/N-ethyl adjacent to an activating group) is 1. The highest BCUT2D eigenvalue weighted by Gasteiger charge is 2.45. The second-order valence-corrected chi connectivity index (χ2v) is 10.3. The molecule has 0 spiro atoms. The number of quaternary nitrogens is 1. The van der Waals surface area contributed by atoms with Crippen molar-refractivity contribution in [2.24, 2.45) is 5.92 Å². The van der Waals surface area contributed by atoms with Gasteiger partial charge >= 0.3 is 0 Å². The Labute approximate surface area is 200 Å². The Bertz CT molecular complexity index is 1140. The van der Waals surface area contributed by atoms with Crippen LogP contribution < -0.4 is 14.0 Å². The van der Waals surface area contributed by atoms with E-state index in [1.165, 1.54) is 18.5 Å². The van der Waals surface area contributed by atoms with E-state index in [0.29, 0.717) is 6.04 Å². The smallest absolute Gasteiger partial charge is 0.193 e. The third-order valence-electron chi connectivity index (χ3n) is 7.26. The number of hydrogen-bond donors (Lipinski definition) is 0. The summed E-state index contributed by atoms with van der Waals surface area (Å²) in [5, 5.41) is 6.24. The first-order chi connectivity index (χ1) is 16.0. The fourth-order valence-corrected chi connectivity index (χ4v) is 6.04. The van der Waals surface area contributed by atoms with Crippen LogP contribution in [0, 0.1) is 12.8 Å². The van der Waals surface area contributed by atoms with Crippen LogP contribution in [-0.4, -0.2) is 62.9 Å². The molecule has 1 aliphatic carbocycles.